The van der Waals surface area contributed by atoms with Crippen LogP contribution in [0.3, 0.4) is 0 Å². The molecule has 8 atom stereocenters. The Bertz CT molecular complexity index is 998. The van der Waals surface area contributed by atoms with Crippen LogP contribution in [-0.2, 0) is 19.4 Å². The van der Waals surface area contributed by atoms with E-state index < -0.39 is 24.2 Å². The minimum atomic E-state index is -0.965. The summed E-state index contributed by atoms with van der Waals surface area (Å²) >= 11 is 3.36. The number of rotatable bonds is 3. The summed E-state index contributed by atoms with van der Waals surface area (Å²) in [5, 5.41) is 10.1. The molecule has 6 nitrogen and oxygen atoms in total. The lowest BCUT2D eigenvalue weighted by Gasteiger charge is -2.56. The van der Waals surface area contributed by atoms with Crippen LogP contribution in [0.4, 0.5) is 0 Å². The van der Waals surface area contributed by atoms with Crippen molar-refractivity contribution in [1.29, 1.82) is 0 Å². The van der Waals surface area contributed by atoms with Crippen LogP contribution >= 0.6 is 15.9 Å². The molecule has 1 aromatic heterocycles. The van der Waals surface area contributed by atoms with E-state index in [0.717, 1.165) is 38.5 Å². The van der Waals surface area contributed by atoms with E-state index in [1.54, 1.807) is 6.07 Å². The fourth-order valence-electron chi connectivity index (χ4n) is 8.53. The quantitative estimate of drug-likeness (QED) is 0.599. The largest absolute Gasteiger partial charge is 0.451 e. The summed E-state index contributed by atoms with van der Waals surface area (Å²) in [7, 11) is 0. The summed E-state index contributed by atoms with van der Waals surface area (Å²) in [6, 6.07) is 3.63. The van der Waals surface area contributed by atoms with Gasteiger partial charge in [-0.3, -0.25) is 9.59 Å². The molecular formula is C25H29BrO6. The average Bonchev–Trinajstić information content (AvgIpc) is 3.44. The van der Waals surface area contributed by atoms with Crippen molar-refractivity contribution in [2.24, 2.45) is 34.5 Å². The lowest BCUT2D eigenvalue weighted by Crippen LogP contribution is -2.56. The Balaban J connectivity index is 1.41. The molecule has 0 spiro atoms. The molecule has 2 unspecified atom stereocenters. The van der Waals surface area contributed by atoms with Gasteiger partial charge in [0.2, 0.25) is 0 Å². The Morgan fingerprint density at radius 2 is 2.03 bits per heavy atom. The Morgan fingerprint density at radius 1 is 1.19 bits per heavy atom. The van der Waals surface area contributed by atoms with Gasteiger partial charge < -0.3 is 9.52 Å². The predicted octanol–water partition coefficient (Wildman–Crippen LogP) is 4.71. The minimum Gasteiger partial charge on any atom is -0.451 e. The van der Waals surface area contributed by atoms with Crippen LogP contribution in [0.15, 0.2) is 32.9 Å². The maximum absolute atomic E-state index is 13.6. The van der Waals surface area contributed by atoms with Gasteiger partial charge in [0.25, 0.3) is 0 Å². The van der Waals surface area contributed by atoms with Gasteiger partial charge >= 0.3 is 0 Å². The topological polar surface area (TPSA) is 86.0 Å². The van der Waals surface area contributed by atoms with Crippen molar-refractivity contribution in [1.82, 2.24) is 0 Å². The van der Waals surface area contributed by atoms with Gasteiger partial charge in [-0.25, -0.2) is 9.78 Å². The number of Topliss-reactive ketones (excluding diaryl/α,β-unsaturated/α-hetero) is 1. The van der Waals surface area contributed by atoms with Crippen molar-refractivity contribution in [3.05, 3.63) is 34.2 Å². The zero-order valence-electron chi connectivity index (χ0n) is 18.2. The standard InChI is InChI=1S/C25H29BrO6/c1-24-9-8-16-15-5-3-14(28)10-13(15)2-4-17(16)18(24)11-21-25(24,20(29)12-27)23(32-31-21)19-6-7-22(26)30-19/h6-7,10,15-18,21,23,27H,2-5,8-9,11-12H2,1H3/t15-,16+,17+,18-,21?,23?,24-,25-/m0/s1. The maximum Gasteiger partial charge on any atom is 0.170 e. The molecule has 6 rings (SSSR count). The van der Waals surface area contributed by atoms with Crippen LogP contribution in [-0.4, -0.2) is 29.4 Å². The van der Waals surface area contributed by atoms with Gasteiger partial charge in [-0.05, 0) is 102 Å². The Hall–Kier alpha value is -1.28. The fraction of sp³-hybridized carbons (Fsp3) is 0.680. The van der Waals surface area contributed by atoms with Gasteiger partial charge in [0.15, 0.2) is 22.3 Å². The molecule has 4 aliphatic carbocycles. The second-order valence-corrected chi connectivity index (χ2v) is 11.4. The van der Waals surface area contributed by atoms with Gasteiger partial charge in [-0.1, -0.05) is 12.5 Å². The van der Waals surface area contributed by atoms with E-state index in [1.165, 1.54) is 5.57 Å². The molecule has 4 fully saturated rings. The zero-order chi connectivity index (χ0) is 22.3. The molecule has 32 heavy (non-hydrogen) atoms. The fourth-order valence-corrected chi connectivity index (χ4v) is 8.85. The van der Waals surface area contributed by atoms with Crippen LogP contribution in [0, 0.1) is 34.5 Å². The molecule has 7 heteroatoms. The number of hydrogen-bond acceptors (Lipinski definition) is 6. The molecule has 1 N–H and O–H groups in total. The van der Waals surface area contributed by atoms with Crippen LogP contribution in [0.5, 0.6) is 0 Å². The number of carbonyl (C=O) groups is 2. The number of allylic oxidation sites excluding steroid dienone is 1. The van der Waals surface area contributed by atoms with Crippen LogP contribution in [0.25, 0.3) is 0 Å². The van der Waals surface area contributed by atoms with E-state index in [0.29, 0.717) is 40.5 Å². The molecule has 5 aliphatic rings. The van der Waals surface area contributed by atoms with Crippen molar-refractivity contribution >= 4 is 27.5 Å². The number of aliphatic hydroxyl groups excluding tert-OH is 1. The molecule has 0 amide bonds. The van der Waals surface area contributed by atoms with E-state index in [1.807, 2.05) is 12.1 Å². The molecule has 0 aromatic carbocycles. The first kappa shape index (κ1) is 21.3. The molecule has 1 aliphatic heterocycles. The van der Waals surface area contributed by atoms with Gasteiger partial charge in [0, 0.05) is 6.42 Å². The van der Waals surface area contributed by atoms with Crippen LogP contribution in [0.1, 0.15) is 63.7 Å². The van der Waals surface area contributed by atoms with Crippen molar-refractivity contribution in [3.8, 4) is 0 Å². The van der Waals surface area contributed by atoms with Gasteiger partial charge in [0.05, 0.1) is 0 Å². The van der Waals surface area contributed by atoms with Crippen molar-refractivity contribution in [3.63, 3.8) is 0 Å². The van der Waals surface area contributed by atoms with Crippen molar-refractivity contribution in [2.75, 3.05) is 6.61 Å². The number of carbonyl (C=O) groups excluding carboxylic acids is 2. The second-order valence-electron chi connectivity index (χ2n) is 10.6. The van der Waals surface area contributed by atoms with E-state index in [4.69, 9.17) is 14.2 Å². The number of hydrogen-bond donors (Lipinski definition) is 1. The van der Waals surface area contributed by atoms with Crippen LogP contribution in [0.2, 0.25) is 0 Å². The van der Waals surface area contributed by atoms with E-state index >= 15 is 0 Å². The van der Waals surface area contributed by atoms with Crippen molar-refractivity contribution < 1.29 is 28.9 Å². The van der Waals surface area contributed by atoms with Gasteiger partial charge in [-0.2, -0.15) is 0 Å². The SMILES string of the molecule is C[C@]12CC[C@H]3[C@@H](CCC4=CC(=O)CC[C@@H]43)[C@@H]1CC1OOC(c3ccc(Br)o3)[C@]12C(=O)CO. The van der Waals surface area contributed by atoms with E-state index in [-0.39, 0.29) is 17.0 Å². The Labute approximate surface area is 195 Å². The summed E-state index contributed by atoms with van der Waals surface area (Å²) < 4.78 is 6.42. The monoisotopic (exact) mass is 504 g/mol. The molecule has 1 saturated heterocycles. The molecule has 2 heterocycles. The number of aliphatic hydroxyl groups is 1. The summed E-state index contributed by atoms with van der Waals surface area (Å²) in [6.45, 7) is 1.69. The zero-order valence-corrected chi connectivity index (χ0v) is 19.8. The molecule has 0 bridgehead atoms. The van der Waals surface area contributed by atoms with Crippen LogP contribution < -0.4 is 0 Å². The summed E-state index contributed by atoms with van der Waals surface area (Å²) in [6.07, 6.45) is 7.15. The second kappa shape index (κ2) is 7.36. The minimum absolute atomic E-state index is 0.208. The predicted molar refractivity (Wildman–Crippen MR) is 117 cm³/mol. The molecule has 0 radical (unpaired) electrons. The third-order valence-corrected chi connectivity index (χ3v) is 10.2. The molecular weight excluding hydrogens is 476 g/mol. The van der Waals surface area contributed by atoms with Gasteiger partial charge in [-0.15, -0.1) is 0 Å². The highest BCUT2D eigenvalue weighted by Gasteiger charge is 2.76. The number of halogens is 1. The first-order chi connectivity index (χ1) is 15.4. The first-order valence-corrected chi connectivity index (χ1v) is 12.6. The average molecular weight is 505 g/mol. The third-order valence-electron chi connectivity index (χ3n) is 9.75. The molecule has 3 saturated carbocycles. The number of fused-ring (bicyclic) bond motifs is 7. The summed E-state index contributed by atoms with van der Waals surface area (Å²) in [5.74, 6) is 2.48. The summed E-state index contributed by atoms with van der Waals surface area (Å²) in [5.41, 5.74) is 0.0290. The van der Waals surface area contributed by atoms with Crippen molar-refractivity contribution in [2.45, 2.75) is 64.1 Å². The summed E-state index contributed by atoms with van der Waals surface area (Å²) in [4.78, 5) is 37.2. The number of furan rings is 1. The highest BCUT2D eigenvalue weighted by molar-refractivity contribution is 9.10. The maximum atomic E-state index is 13.6. The first-order valence-electron chi connectivity index (χ1n) is 11.8. The Morgan fingerprint density at radius 3 is 2.78 bits per heavy atom. The van der Waals surface area contributed by atoms with E-state index in [9.17, 15) is 14.7 Å². The highest BCUT2D eigenvalue weighted by Crippen LogP contribution is 2.74. The van der Waals surface area contributed by atoms with Gasteiger partial charge in [0.1, 0.15) is 23.9 Å². The number of ketones is 2. The highest BCUT2D eigenvalue weighted by atomic mass is 79.9. The molecule has 1 aromatic rings. The Kier molecular flexibility index (Phi) is 4.89. The smallest absolute Gasteiger partial charge is 0.170 e. The lowest BCUT2D eigenvalue weighted by atomic mass is 9.47. The third kappa shape index (κ3) is 2.62. The molecule has 172 valence electrons. The lowest BCUT2D eigenvalue weighted by molar-refractivity contribution is -0.305. The van der Waals surface area contributed by atoms with E-state index in [2.05, 4.69) is 22.9 Å². The normalized spacial score (nSPS) is 45.0.